The summed E-state index contributed by atoms with van der Waals surface area (Å²) in [6, 6.07) is 15.2. The smallest absolute Gasteiger partial charge is 0.325 e. The number of H-pyrrole nitrogens is 1. The van der Waals surface area contributed by atoms with Crippen molar-refractivity contribution in [2.24, 2.45) is 5.41 Å². The average Bonchev–Trinajstić information content (AvgIpc) is 3.66. The first-order chi connectivity index (χ1) is 30.8. The first kappa shape index (κ1) is 48.3. The van der Waals surface area contributed by atoms with Crippen LogP contribution in [0.2, 0.25) is 0 Å². The Labute approximate surface area is 374 Å². The highest BCUT2D eigenvalue weighted by atomic mass is 19.1. The van der Waals surface area contributed by atoms with Crippen LogP contribution in [0.5, 0.6) is 0 Å². The van der Waals surface area contributed by atoms with Crippen molar-refractivity contribution >= 4 is 45.9 Å². The number of carbonyl (C=O) groups excluding carboxylic acids is 3. The highest BCUT2D eigenvalue weighted by Crippen LogP contribution is 2.30. The van der Waals surface area contributed by atoms with Gasteiger partial charge in [0.15, 0.2) is 5.82 Å². The van der Waals surface area contributed by atoms with Crippen LogP contribution in [0.25, 0.3) is 10.9 Å². The van der Waals surface area contributed by atoms with E-state index in [-0.39, 0.29) is 49.6 Å². The lowest BCUT2D eigenvalue weighted by atomic mass is 9.88. The molecule has 348 valence electrons. The second kappa shape index (κ2) is 23.6. The SMILES string of the molecule is C[C@H](NCCCOCCOCCOC(=O)CNC(=O)CN1CCN(c2ccc(C(=O)Nc3n[nH]c4ccc(Cc5cc(F)cc(F)c5)cc34)c(NC3CCOCC3)c2)CC1)C(C)(C)C. The number of nitrogens with zero attached hydrogens (tertiary/aromatic N) is 3. The molecule has 3 heterocycles. The van der Waals surface area contributed by atoms with Crippen molar-refractivity contribution in [1.82, 2.24) is 25.7 Å². The van der Waals surface area contributed by atoms with Crippen LogP contribution in [-0.4, -0.2) is 137 Å². The highest BCUT2D eigenvalue weighted by Gasteiger charge is 2.24. The van der Waals surface area contributed by atoms with Crippen LogP contribution >= 0.6 is 0 Å². The summed E-state index contributed by atoms with van der Waals surface area (Å²) >= 11 is 0. The molecule has 2 saturated heterocycles. The van der Waals surface area contributed by atoms with Crippen molar-refractivity contribution < 1.29 is 42.1 Å². The normalized spacial score (nSPS) is 15.6. The summed E-state index contributed by atoms with van der Waals surface area (Å²) < 4.78 is 49.6. The van der Waals surface area contributed by atoms with Crippen LogP contribution in [0, 0.1) is 17.0 Å². The molecule has 5 N–H and O–H groups in total. The van der Waals surface area contributed by atoms with Gasteiger partial charge in [-0.2, -0.15) is 5.10 Å². The van der Waals surface area contributed by atoms with E-state index in [2.05, 4.69) is 64.1 Å². The summed E-state index contributed by atoms with van der Waals surface area (Å²) in [6.07, 6.45) is 2.81. The minimum absolute atomic E-state index is 0.0938. The lowest BCUT2D eigenvalue weighted by Gasteiger charge is -2.36. The van der Waals surface area contributed by atoms with Gasteiger partial charge in [0.1, 0.15) is 24.8 Å². The molecule has 1 aromatic heterocycles. The predicted octanol–water partition coefficient (Wildman–Crippen LogP) is 5.50. The van der Waals surface area contributed by atoms with Crippen molar-refractivity contribution in [3.8, 4) is 0 Å². The third-order valence-electron chi connectivity index (χ3n) is 11.6. The Hall–Kier alpha value is -5.20. The molecule has 0 spiro atoms. The Kier molecular flexibility index (Phi) is 17.8. The van der Waals surface area contributed by atoms with Crippen LogP contribution in [0.4, 0.5) is 26.0 Å². The Morgan fingerprint density at radius 2 is 1.61 bits per heavy atom. The third kappa shape index (κ3) is 14.9. The first-order valence-electron chi connectivity index (χ1n) is 22.3. The number of ether oxygens (including phenoxy) is 4. The van der Waals surface area contributed by atoms with Gasteiger partial charge >= 0.3 is 5.97 Å². The largest absolute Gasteiger partial charge is 0.462 e. The molecule has 4 aromatic rings. The summed E-state index contributed by atoms with van der Waals surface area (Å²) in [5, 5.41) is 20.7. The fourth-order valence-corrected chi connectivity index (χ4v) is 7.48. The molecule has 64 heavy (non-hydrogen) atoms. The second-order valence-electron chi connectivity index (χ2n) is 17.5. The molecule has 1 atom stereocenters. The van der Waals surface area contributed by atoms with Crippen molar-refractivity contribution in [2.45, 2.75) is 65.5 Å². The van der Waals surface area contributed by atoms with E-state index in [0.717, 1.165) is 43.1 Å². The monoisotopic (exact) mass is 890 g/mol. The van der Waals surface area contributed by atoms with E-state index >= 15 is 0 Å². The van der Waals surface area contributed by atoms with Gasteiger partial charge in [-0.3, -0.25) is 24.4 Å². The number of carbonyl (C=O) groups is 3. The molecule has 2 aliphatic rings. The Morgan fingerprint density at radius 3 is 2.34 bits per heavy atom. The summed E-state index contributed by atoms with van der Waals surface area (Å²) in [4.78, 5) is 43.1. The van der Waals surface area contributed by atoms with Crippen molar-refractivity contribution in [3.63, 3.8) is 0 Å². The first-order valence-corrected chi connectivity index (χ1v) is 22.3. The number of halogens is 2. The zero-order valence-electron chi connectivity index (χ0n) is 37.5. The van der Waals surface area contributed by atoms with Gasteiger partial charge in [0.2, 0.25) is 5.91 Å². The van der Waals surface area contributed by atoms with Gasteiger partial charge in [0.25, 0.3) is 5.91 Å². The topological polar surface area (TPSA) is 171 Å². The number of piperazine rings is 1. The lowest BCUT2D eigenvalue weighted by molar-refractivity contribution is -0.145. The molecule has 0 unspecified atom stereocenters. The van der Waals surface area contributed by atoms with Crippen LogP contribution in [0.1, 0.15) is 68.4 Å². The van der Waals surface area contributed by atoms with Crippen LogP contribution in [-0.2, 0) is 35.0 Å². The number of rotatable bonds is 22. The van der Waals surface area contributed by atoms with E-state index < -0.39 is 17.6 Å². The number of anilines is 3. The van der Waals surface area contributed by atoms with Gasteiger partial charge in [-0.15, -0.1) is 0 Å². The molecule has 6 rings (SSSR count). The van der Waals surface area contributed by atoms with Crippen molar-refractivity contribution in [2.75, 3.05) is 108 Å². The van der Waals surface area contributed by atoms with Gasteiger partial charge < -0.3 is 45.1 Å². The summed E-state index contributed by atoms with van der Waals surface area (Å²) in [7, 11) is 0. The Morgan fingerprint density at radius 1 is 0.891 bits per heavy atom. The lowest BCUT2D eigenvalue weighted by Crippen LogP contribution is -2.50. The molecule has 0 bridgehead atoms. The number of nitrogens with one attached hydrogen (secondary N) is 5. The molecule has 17 heteroatoms. The van der Waals surface area contributed by atoms with Gasteiger partial charge in [-0.05, 0) is 98.2 Å². The molecule has 2 fully saturated rings. The predicted molar refractivity (Wildman–Crippen MR) is 243 cm³/mol. The van der Waals surface area contributed by atoms with E-state index in [0.29, 0.717) is 105 Å². The number of hydrogen-bond acceptors (Lipinski definition) is 12. The molecular weight excluding hydrogens is 827 g/mol. The van der Waals surface area contributed by atoms with E-state index in [1.165, 1.54) is 12.1 Å². The van der Waals surface area contributed by atoms with Crippen LogP contribution in [0.15, 0.2) is 54.6 Å². The number of aromatic nitrogens is 2. The standard InChI is InChI=1S/C47H64F2N8O7/c1-32(47(2,3)4)50-12-5-17-61-20-21-63-22-23-64-44(59)30-51-43(58)31-56-13-15-57(16-14-56)38-7-8-39(42(29-38)52-37-10-18-62-19-11-37)46(60)53-45-40-27-33(6-9-41(40)54-55-45)24-34-25-35(48)28-36(49)26-34/h6-9,25-29,32,37,50,52H,5,10-24,30-31H2,1-4H3,(H,51,58)(H2,53,54,55,60)/t32-/m0/s1. The molecule has 0 saturated carbocycles. The number of amides is 2. The number of fused-ring (bicyclic) bond motifs is 1. The number of benzene rings is 3. The van der Waals surface area contributed by atoms with E-state index in [4.69, 9.17) is 18.9 Å². The highest BCUT2D eigenvalue weighted by molar-refractivity contribution is 6.11. The molecule has 0 radical (unpaired) electrons. The minimum Gasteiger partial charge on any atom is -0.462 e. The summed E-state index contributed by atoms with van der Waals surface area (Å²) in [5.74, 6) is -2.07. The fraction of sp³-hybridized carbons (Fsp3) is 0.532. The number of hydrogen-bond donors (Lipinski definition) is 5. The van der Waals surface area contributed by atoms with Crippen molar-refractivity contribution in [1.29, 1.82) is 0 Å². The molecule has 2 amide bonds. The van der Waals surface area contributed by atoms with Crippen LogP contribution in [0.3, 0.4) is 0 Å². The molecule has 2 aliphatic heterocycles. The number of esters is 1. The Balaban J connectivity index is 0.931. The number of aromatic amines is 1. The second-order valence-corrected chi connectivity index (χ2v) is 17.5. The zero-order chi connectivity index (χ0) is 45.5. The quantitative estimate of drug-likeness (QED) is 0.0497. The van der Waals surface area contributed by atoms with Gasteiger partial charge in [-0.1, -0.05) is 26.8 Å². The van der Waals surface area contributed by atoms with Gasteiger partial charge in [0.05, 0.1) is 37.4 Å². The maximum atomic E-state index is 14.0. The molecule has 0 aliphatic carbocycles. The zero-order valence-corrected chi connectivity index (χ0v) is 37.5. The van der Waals surface area contributed by atoms with Gasteiger partial charge in [0, 0.05) is 80.9 Å². The maximum Gasteiger partial charge on any atom is 0.325 e. The third-order valence-corrected chi connectivity index (χ3v) is 11.6. The Bertz CT molecular complexity index is 2130. The summed E-state index contributed by atoms with van der Waals surface area (Å²) in [5.41, 5.74) is 4.29. The maximum absolute atomic E-state index is 14.0. The summed E-state index contributed by atoms with van der Waals surface area (Å²) in [6.45, 7) is 15.3. The molecule has 3 aromatic carbocycles. The van der Waals surface area contributed by atoms with Crippen molar-refractivity contribution in [3.05, 3.63) is 82.9 Å². The van der Waals surface area contributed by atoms with E-state index in [1.807, 2.05) is 35.2 Å². The minimum atomic E-state index is -0.639. The average molecular weight is 891 g/mol. The van der Waals surface area contributed by atoms with E-state index in [1.54, 1.807) is 6.07 Å². The van der Waals surface area contributed by atoms with Crippen LogP contribution < -0.4 is 26.2 Å². The van der Waals surface area contributed by atoms with E-state index in [9.17, 15) is 23.2 Å². The van der Waals surface area contributed by atoms with Gasteiger partial charge in [-0.25, -0.2) is 8.78 Å². The molecular formula is C47H64F2N8O7. The molecule has 15 nitrogen and oxygen atoms in total. The fourth-order valence-electron chi connectivity index (χ4n) is 7.48.